The fourth-order valence-electron chi connectivity index (χ4n) is 1.82. The molecule has 0 saturated heterocycles. The van der Waals surface area contributed by atoms with Crippen LogP contribution in [0.25, 0.3) is 0 Å². The van der Waals surface area contributed by atoms with Crippen LogP contribution in [0.4, 0.5) is 4.79 Å². The quantitative estimate of drug-likeness (QED) is 0.847. The first-order chi connectivity index (χ1) is 9.71. The molecule has 0 heterocycles. The molecule has 0 bridgehead atoms. The Bertz CT molecular complexity index is 508. The largest absolute Gasteiger partial charge is 0.444 e. The summed E-state index contributed by atoms with van der Waals surface area (Å²) in [6.45, 7) is 6.78. The molecule has 0 aromatic heterocycles. The molecule has 1 N–H and O–H groups in total. The fraction of sp³-hybridized carbons (Fsp3) is 0.500. The van der Waals surface area contributed by atoms with E-state index < -0.39 is 17.7 Å². The molecule has 0 aliphatic rings. The number of benzene rings is 1. The van der Waals surface area contributed by atoms with Crippen LogP contribution < -0.4 is 5.32 Å². The number of Topliss-reactive ketones (excluding diaryl/α,β-unsaturated/α-hetero) is 1. The van der Waals surface area contributed by atoms with Crippen molar-refractivity contribution in [2.45, 2.75) is 51.6 Å². The van der Waals surface area contributed by atoms with Crippen LogP contribution >= 0.6 is 11.6 Å². The number of ketones is 1. The lowest BCUT2D eigenvalue weighted by Crippen LogP contribution is -2.43. The van der Waals surface area contributed by atoms with Crippen LogP contribution in [0.2, 0.25) is 0 Å². The highest BCUT2D eigenvalue weighted by molar-refractivity contribution is 6.17. The molecule has 0 aliphatic heterocycles. The van der Waals surface area contributed by atoms with Gasteiger partial charge in [0.25, 0.3) is 0 Å². The maximum atomic E-state index is 11.8. The van der Waals surface area contributed by atoms with Gasteiger partial charge in [-0.05, 0) is 45.2 Å². The predicted octanol–water partition coefficient (Wildman–Crippen LogP) is 3.45. The number of ether oxygens (including phenoxy) is 1. The second kappa shape index (κ2) is 7.46. The number of carbonyl (C=O) groups excluding carboxylic acids is 2. The van der Waals surface area contributed by atoms with Gasteiger partial charge >= 0.3 is 6.09 Å². The maximum Gasteiger partial charge on any atom is 0.408 e. The van der Waals surface area contributed by atoms with E-state index >= 15 is 0 Å². The highest BCUT2D eigenvalue weighted by atomic mass is 35.5. The zero-order valence-electron chi connectivity index (χ0n) is 12.9. The highest BCUT2D eigenvalue weighted by Crippen LogP contribution is 2.11. The first-order valence-electron chi connectivity index (χ1n) is 6.85. The summed E-state index contributed by atoms with van der Waals surface area (Å²) in [4.78, 5) is 23.5. The van der Waals surface area contributed by atoms with E-state index in [2.05, 4.69) is 5.32 Å². The number of hydrogen-bond acceptors (Lipinski definition) is 3. The molecule has 1 amide bonds. The van der Waals surface area contributed by atoms with Gasteiger partial charge in [0.05, 0.1) is 6.04 Å². The molecule has 1 aromatic rings. The van der Waals surface area contributed by atoms with Crippen LogP contribution in [0.5, 0.6) is 0 Å². The third-order valence-corrected chi connectivity index (χ3v) is 3.08. The molecule has 1 unspecified atom stereocenters. The number of hydrogen-bond donors (Lipinski definition) is 1. The second-order valence-corrected chi connectivity index (χ2v) is 6.23. The number of alkyl carbamates (subject to hydrolysis) is 1. The van der Waals surface area contributed by atoms with Crippen molar-refractivity contribution in [1.29, 1.82) is 0 Å². The Morgan fingerprint density at radius 1 is 1.29 bits per heavy atom. The molecule has 5 heteroatoms. The zero-order valence-corrected chi connectivity index (χ0v) is 13.7. The summed E-state index contributed by atoms with van der Waals surface area (Å²) in [5.41, 5.74) is 1.34. The summed E-state index contributed by atoms with van der Waals surface area (Å²) in [6, 6.07) is 7.03. The van der Waals surface area contributed by atoms with Crippen molar-refractivity contribution >= 4 is 23.5 Å². The van der Waals surface area contributed by atoms with Crippen molar-refractivity contribution < 1.29 is 14.3 Å². The first kappa shape index (κ1) is 17.5. The third-order valence-electron chi connectivity index (χ3n) is 2.77. The van der Waals surface area contributed by atoms with Gasteiger partial charge in [0.2, 0.25) is 0 Å². The molecule has 116 valence electrons. The summed E-state index contributed by atoms with van der Waals surface area (Å²) >= 11 is 5.80. The summed E-state index contributed by atoms with van der Waals surface area (Å²) in [5, 5.41) is 2.62. The average molecular weight is 312 g/mol. The number of carbonyl (C=O) groups is 2. The summed E-state index contributed by atoms with van der Waals surface area (Å²) < 4.78 is 5.18. The maximum absolute atomic E-state index is 11.8. The van der Waals surface area contributed by atoms with Gasteiger partial charge in [-0.15, -0.1) is 11.6 Å². The van der Waals surface area contributed by atoms with Crippen LogP contribution in [0.3, 0.4) is 0 Å². The Morgan fingerprint density at radius 2 is 1.90 bits per heavy atom. The predicted molar refractivity (Wildman–Crippen MR) is 83.5 cm³/mol. The van der Waals surface area contributed by atoms with Gasteiger partial charge in [0, 0.05) is 5.88 Å². The van der Waals surface area contributed by atoms with Crippen molar-refractivity contribution in [2.75, 3.05) is 0 Å². The number of alkyl halides is 1. The van der Waals surface area contributed by atoms with Gasteiger partial charge in [0.1, 0.15) is 5.60 Å². The van der Waals surface area contributed by atoms with Gasteiger partial charge in [0.15, 0.2) is 5.78 Å². The molecule has 0 spiro atoms. The van der Waals surface area contributed by atoms with Crippen LogP contribution in [0, 0.1) is 0 Å². The van der Waals surface area contributed by atoms with Gasteiger partial charge in [-0.25, -0.2) is 4.79 Å². The van der Waals surface area contributed by atoms with E-state index in [-0.39, 0.29) is 5.78 Å². The molecule has 4 nitrogen and oxygen atoms in total. The van der Waals surface area contributed by atoms with Crippen LogP contribution in [-0.2, 0) is 21.8 Å². The van der Waals surface area contributed by atoms with Crippen LogP contribution in [0.1, 0.15) is 38.8 Å². The molecule has 1 aromatic carbocycles. The molecular formula is C16H22ClNO3. The van der Waals surface area contributed by atoms with E-state index in [1.54, 1.807) is 20.8 Å². The number of rotatable bonds is 5. The highest BCUT2D eigenvalue weighted by Gasteiger charge is 2.22. The Labute approximate surface area is 130 Å². The van der Waals surface area contributed by atoms with E-state index in [1.807, 2.05) is 24.3 Å². The minimum absolute atomic E-state index is 0.114. The van der Waals surface area contributed by atoms with Crippen LogP contribution in [0.15, 0.2) is 24.3 Å². The average Bonchev–Trinajstić information content (AvgIpc) is 2.36. The Morgan fingerprint density at radius 3 is 2.43 bits per heavy atom. The van der Waals surface area contributed by atoms with Crippen molar-refractivity contribution in [3.63, 3.8) is 0 Å². The molecule has 1 rings (SSSR count). The topological polar surface area (TPSA) is 55.4 Å². The summed E-state index contributed by atoms with van der Waals surface area (Å²) in [5.74, 6) is 0.301. The molecule has 0 radical (unpaired) electrons. The van der Waals surface area contributed by atoms with Gasteiger partial charge in [-0.1, -0.05) is 24.3 Å². The summed E-state index contributed by atoms with van der Waals surface area (Å²) in [6.07, 6.45) is -0.171. The third kappa shape index (κ3) is 6.63. The van der Waals surface area contributed by atoms with E-state index in [0.29, 0.717) is 12.3 Å². The lowest BCUT2D eigenvalue weighted by molar-refractivity contribution is -0.119. The SMILES string of the molecule is CC(=O)C(Cc1cccc(CCl)c1)NC(=O)OC(C)(C)C. The van der Waals surface area contributed by atoms with Gasteiger partial charge in [-0.3, -0.25) is 4.79 Å². The second-order valence-electron chi connectivity index (χ2n) is 5.97. The smallest absolute Gasteiger partial charge is 0.408 e. The fourth-order valence-corrected chi connectivity index (χ4v) is 1.99. The van der Waals surface area contributed by atoms with Crippen molar-refractivity contribution in [1.82, 2.24) is 5.32 Å². The lowest BCUT2D eigenvalue weighted by atomic mass is 10.0. The minimum Gasteiger partial charge on any atom is -0.444 e. The van der Waals surface area contributed by atoms with E-state index in [9.17, 15) is 9.59 Å². The van der Waals surface area contributed by atoms with E-state index in [0.717, 1.165) is 11.1 Å². The van der Waals surface area contributed by atoms with E-state index in [1.165, 1.54) is 6.92 Å². The normalized spacial score (nSPS) is 12.6. The van der Waals surface area contributed by atoms with Crippen LogP contribution in [-0.4, -0.2) is 23.5 Å². The molecule has 0 saturated carbocycles. The molecule has 0 aliphatic carbocycles. The number of halogens is 1. The Balaban J connectivity index is 2.74. The first-order valence-corrected chi connectivity index (χ1v) is 7.38. The Kier molecular flexibility index (Phi) is 6.21. The monoisotopic (exact) mass is 311 g/mol. The number of nitrogens with one attached hydrogen (secondary N) is 1. The Hall–Kier alpha value is -1.55. The minimum atomic E-state index is -0.606. The zero-order chi connectivity index (χ0) is 16.0. The van der Waals surface area contributed by atoms with Gasteiger partial charge in [-0.2, -0.15) is 0 Å². The molecule has 0 fully saturated rings. The lowest BCUT2D eigenvalue weighted by Gasteiger charge is -2.22. The van der Waals surface area contributed by atoms with E-state index in [4.69, 9.17) is 16.3 Å². The van der Waals surface area contributed by atoms with Gasteiger partial charge < -0.3 is 10.1 Å². The molecule has 21 heavy (non-hydrogen) atoms. The standard InChI is InChI=1S/C16H22ClNO3/c1-11(19)14(18-15(20)21-16(2,3)4)9-12-6-5-7-13(8-12)10-17/h5-8,14H,9-10H2,1-4H3,(H,18,20). The molecule has 1 atom stereocenters. The number of amides is 1. The van der Waals surface area contributed by atoms with Crippen molar-refractivity contribution in [3.8, 4) is 0 Å². The molecular weight excluding hydrogens is 290 g/mol. The van der Waals surface area contributed by atoms with Crippen molar-refractivity contribution in [3.05, 3.63) is 35.4 Å². The summed E-state index contributed by atoms with van der Waals surface area (Å²) in [7, 11) is 0. The van der Waals surface area contributed by atoms with Crippen molar-refractivity contribution in [2.24, 2.45) is 0 Å².